The monoisotopic (exact) mass is 570 g/mol. The average molecular weight is 571 g/mol. The summed E-state index contributed by atoms with van der Waals surface area (Å²) in [7, 11) is 0. The van der Waals surface area contributed by atoms with Crippen molar-refractivity contribution in [2.75, 3.05) is 62.4 Å². The molecule has 0 saturated carbocycles. The summed E-state index contributed by atoms with van der Waals surface area (Å²) < 4.78 is 61.2. The van der Waals surface area contributed by atoms with Crippen molar-refractivity contribution < 1.29 is 36.9 Å². The van der Waals surface area contributed by atoms with E-state index in [-0.39, 0.29) is 16.9 Å². The number of halogens is 4. The lowest BCUT2D eigenvalue weighted by Gasteiger charge is -2.29. The van der Waals surface area contributed by atoms with Crippen molar-refractivity contribution in [3.05, 3.63) is 94.6 Å². The molecule has 41 heavy (non-hydrogen) atoms. The molecule has 0 aromatic heterocycles. The summed E-state index contributed by atoms with van der Waals surface area (Å²) >= 11 is 0. The van der Waals surface area contributed by atoms with Crippen molar-refractivity contribution in [2.24, 2.45) is 0 Å². The minimum Gasteiger partial charge on any atom is -0.478 e. The van der Waals surface area contributed by atoms with Crippen LogP contribution in [0.2, 0.25) is 0 Å². The molecule has 0 bridgehead atoms. The van der Waals surface area contributed by atoms with Crippen molar-refractivity contribution in [1.29, 1.82) is 10.5 Å². The number of morpholine rings is 2. The van der Waals surface area contributed by atoms with Gasteiger partial charge in [-0.25, -0.2) is 22.4 Å². The molecule has 0 unspecified atom stereocenters. The Kier molecular flexibility index (Phi) is 11.5. The fourth-order valence-electron chi connectivity index (χ4n) is 3.96. The molecule has 8 nitrogen and oxygen atoms in total. The fourth-order valence-corrected chi connectivity index (χ4v) is 3.96. The number of hydrogen-bond donors (Lipinski definition) is 1. The van der Waals surface area contributed by atoms with Gasteiger partial charge in [0.15, 0.2) is 0 Å². The normalized spacial score (nSPS) is 14.4. The first kappa shape index (κ1) is 30.9. The predicted molar refractivity (Wildman–Crippen MR) is 142 cm³/mol. The van der Waals surface area contributed by atoms with E-state index in [1.54, 1.807) is 12.1 Å². The molecule has 1 N–H and O–H groups in total. The van der Waals surface area contributed by atoms with Crippen LogP contribution in [0.4, 0.5) is 28.9 Å². The number of carbonyl (C=O) groups is 1. The van der Waals surface area contributed by atoms with Crippen LogP contribution in [0.25, 0.3) is 0 Å². The van der Waals surface area contributed by atoms with Gasteiger partial charge in [-0.15, -0.1) is 0 Å². The van der Waals surface area contributed by atoms with Crippen LogP contribution < -0.4 is 9.80 Å². The Labute approximate surface area is 234 Å². The van der Waals surface area contributed by atoms with Crippen LogP contribution in [-0.2, 0) is 9.47 Å². The SMILES string of the molecule is N#Cc1cc(F)cc(F)c1.N#Cc1cc(F)cc(N2CCOCC2)c1.O=C(O)c1cc(F)cc(N2CCOCC2)c1. The first-order valence-electron chi connectivity index (χ1n) is 12.4. The number of ether oxygens (including phenoxy) is 2. The minimum absolute atomic E-state index is 0.00231. The van der Waals surface area contributed by atoms with Crippen LogP contribution >= 0.6 is 0 Å². The topological polar surface area (TPSA) is 110 Å². The number of carboxylic acids is 1. The summed E-state index contributed by atoms with van der Waals surface area (Å²) in [4.78, 5) is 14.7. The molecule has 12 heteroatoms. The van der Waals surface area contributed by atoms with Crippen LogP contribution in [0.15, 0.2) is 54.6 Å². The fraction of sp³-hybridized carbons (Fsp3) is 0.276. The lowest BCUT2D eigenvalue weighted by Crippen LogP contribution is -2.36. The van der Waals surface area contributed by atoms with Gasteiger partial charge in [0.1, 0.15) is 23.3 Å². The highest BCUT2D eigenvalue weighted by molar-refractivity contribution is 5.88. The summed E-state index contributed by atoms with van der Waals surface area (Å²) in [6.07, 6.45) is 0. The standard InChI is InChI=1S/C11H11FN2O.C11H12FNO3.C7H3F2N/c12-10-5-9(8-13)6-11(7-10)14-1-3-15-4-2-14;12-9-5-8(11(14)15)6-10(7-9)13-1-3-16-4-2-13;8-6-1-5(4-10)2-7(9)3-6/h5-7H,1-4H2;5-7H,1-4H2,(H,14,15);1-3H. The van der Waals surface area contributed by atoms with Gasteiger partial charge in [-0.1, -0.05) is 0 Å². The second kappa shape index (κ2) is 15.2. The zero-order chi connectivity index (χ0) is 29.8. The summed E-state index contributed by atoms with van der Waals surface area (Å²) in [5.74, 6) is -3.46. The molecule has 2 aliphatic heterocycles. The van der Waals surface area contributed by atoms with E-state index < -0.39 is 23.4 Å². The largest absolute Gasteiger partial charge is 0.478 e. The Balaban J connectivity index is 0.000000174. The van der Waals surface area contributed by atoms with E-state index in [1.807, 2.05) is 15.9 Å². The first-order chi connectivity index (χ1) is 19.7. The molecule has 0 atom stereocenters. The number of aromatic carboxylic acids is 1. The number of rotatable bonds is 3. The smallest absolute Gasteiger partial charge is 0.335 e. The van der Waals surface area contributed by atoms with Crippen molar-refractivity contribution >= 4 is 17.3 Å². The molecule has 0 radical (unpaired) electrons. The molecule has 0 amide bonds. The maximum atomic E-state index is 13.2. The quantitative estimate of drug-likeness (QED) is 0.450. The molecule has 2 heterocycles. The molecular weight excluding hydrogens is 544 g/mol. The molecule has 3 aromatic carbocycles. The highest BCUT2D eigenvalue weighted by Crippen LogP contribution is 2.20. The lowest BCUT2D eigenvalue weighted by molar-refractivity contribution is 0.0696. The Morgan fingerprint density at radius 3 is 1.46 bits per heavy atom. The lowest BCUT2D eigenvalue weighted by atomic mass is 10.1. The molecule has 0 aliphatic carbocycles. The Morgan fingerprint density at radius 1 is 0.634 bits per heavy atom. The van der Waals surface area contributed by atoms with E-state index in [9.17, 15) is 22.4 Å². The van der Waals surface area contributed by atoms with E-state index >= 15 is 0 Å². The number of hydrogen-bond acceptors (Lipinski definition) is 7. The molecule has 5 rings (SSSR count). The van der Waals surface area contributed by atoms with E-state index in [1.165, 1.54) is 24.3 Å². The van der Waals surface area contributed by atoms with Gasteiger partial charge in [-0.2, -0.15) is 10.5 Å². The highest BCUT2D eigenvalue weighted by atomic mass is 19.1. The number of anilines is 2. The maximum absolute atomic E-state index is 13.2. The number of carboxylic acid groups (broad SMARTS) is 1. The zero-order valence-corrected chi connectivity index (χ0v) is 21.8. The molecule has 2 fully saturated rings. The third-order valence-electron chi connectivity index (χ3n) is 5.89. The maximum Gasteiger partial charge on any atom is 0.335 e. The van der Waals surface area contributed by atoms with E-state index in [2.05, 4.69) is 0 Å². The predicted octanol–water partition coefficient (Wildman–Crippen LogP) is 4.73. The van der Waals surface area contributed by atoms with Crippen molar-refractivity contribution in [3.63, 3.8) is 0 Å². The van der Waals surface area contributed by atoms with Gasteiger partial charge >= 0.3 is 5.97 Å². The Bertz CT molecular complexity index is 1410. The van der Waals surface area contributed by atoms with E-state index in [4.69, 9.17) is 25.1 Å². The second-order valence-corrected chi connectivity index (χ2v) is 8.78. The summed E-state index contributed by atoms with van der Waals surface area (Å²) in [6.45, 7) is 5.27. The van der Waals surface area contributed by atoms with Gasteiger partial charge in [0.2, 0.25) is 0 Å². The van der Waals surface area contributed by atoms with Crippen LogP contribution in [0, 0.1) is 45.9 Å². The van der Waals surface area contributed by atoms with Gasteiger partial charge in [0.25, 0.3) is 0 Å². The third kappa shape index (κ3) is 9.80. The minimum atomic E-state index is -1.12. The molecule has 2 aliphatic rings. The molecule has 0 spiro atoms. The van der Waals surface area contributed by atoms with Gasteiger partial charge in [-0.3, -0.25) is 0 Å². The number of nitrogens with zero attached hydrogens (tertiary/aromatic N) is 4. The van der Waals surface area contributed by atoms with Gasteiger partial charge < -0.3 is 24.4 Å². The van der Waals surface area contributed by atoms with Crippen LogP contribution in [0.3, 0.4) is 0 Å². The van der Waals surface area contributed by atoms with Crippen LogP contribution in [0.5, 0.6) is 0 Å². The molecule has 214 valence electrons. The molecule has 3 aromatic rings. The highest BCUT2D eigenvalue weighted by Gasteiger charge is 2.15. The molecule has 2 saturated heterocycles. The second-order valence-electron chi connectivity index (χ2n) is 8.78. The summed E-state index contributed by atoms with van der Waals surface area (Å²) in [5.41, 5.74) is 1.69. The van der Waals surface area contributed by atoms with Gasteiger partial charge in [0.05, 0.1) is 55.3 Å². The third-order valence-corrected chi connectivity index (χ3v) is 5.89. The number of benzene rings is 3. The van der Waals surface area contributed by atoms with E-state index in [0.717, 1.165) is 43.0 Å². The molecular formula is C29H26F4N4O4. The Hall–Kier alpha value is -4.65. The van der Waals surface area contributed by atoms with E-state index in [0.29, 0.717) is 50.8 Å². The summed E-state index contributed by atoms with van der Waals surface area (Å²) in [6, 6.07) is 14.5. The zero-order valence-electron chi connectivity index (χ0n) is 21.8. The number of nitriles is 2. The van der Waals surface area contributed by atoms with Gasteiger partial charge in [0, 0.05) is 43.6 Å². The van der Waals surface area contributed by atoms with Crippen molar-refractivity contribution in [1.82, 2.24) is 0 Å². The van der Waals surface area contributed by atoms with Crippen molar-refractivity contribution in [2.45, 2.75) is 0 Å². The van der Waals surface area contributed by atoms with Crippen LogP contribution in [-0.4, -0.2) is 63.7 Å². The van der Waals surface area contributed by atoms with Crippen LogP contribution in [0.1, 0.15) is 21.5 Å². The van der Waals surface area contributed by atoms with Gasteiger partial charge in [-0.05, 0) is 48.5 Å². The average Bonchev–Trinajstić information content (AvgIpc) is 2.97. The first-order valence-corrected chi connectivity index (χ1v) is 12.4. The summed E-state index contributed by atoms with van der Waals surface area (Å²) in [5, 5.41) is 25.8. The Morgan fingerprint density at radius 2 is 1.02 bits per heavy atom. The van der Waals surface area contributed by atoms with Crippen molar-refractivity contribution in [3.8, 4) is 12.1 Å².